The summed E-state index contributed by atoms with van der Waals surface area (Å²) in [6, 6.07) is 11.6. The highest BCUT2D eigenvalue weighted by Gasteiger charge is 2.13. The third-order valence-corrected chi connectivity index (χ3v) is 4.36. The van der Waals surface area contributed by atoms with Gasteiger partial charge in [0.15, 0.2) is 0 Å². The number of thioether (sulfide) groups is 1. The van der Waals surface area contributed by atoms with Crippen molar-refractivity contribution in [3.63, 3.8) is 0 Å². The van der Waals surface area contributed by atoms with Gasteiger partial charge in [-0.05, 0) is 36.8 Å². The van der Waals surface area contributed by atoms with Gasteiger partial charge < -0.3 is 9.73 Å². The molecule has 0 unspecified atom stereocenters. The number of rotatable bonds is 5. The van der Waals surface area contributed by atoms with Crippen molar-refractivity contribution >= 4 is 35.0 Å². The van der Waals surface area contributed by atoms with Gasteiger partial charge in [-0.1, -0.05) is 41.6 Å². The molecule has 25 heavy (non-hydrogen) atoms. The van der Waals surface area contributed by atoms with E-state index in [9.17, 15) is 9.18 Å². The van der Waals surface area contributed by atoms with Gasteiger partial charge in [-0.2, -0.15) is 0 Å². The lowest BCUT2D eigenvalue weighted by Gasteiger charge is -2.05. The van der Waals surface area contributed by atoms with Crippen LogP contribution < -0.4 is 5.32 Å². The van der Waals surface area contributed by atoms with Crippen molar-refractivity contribution in [3.05, 3.63) is 58.9 Å². The minimum Gasteiger partial charge on any atom is -0.411 e. The molecule has 0 spiro atoms. The standard InChI is InChI=1S/C17H13ClFN3O2S/c1-10-4-2-3-5-12(10)16-21-22-17(24-16)25-9-15(23)20-14-8-11(18)6-7-13(14)19/h2-8H,9H2,1H3,(H,20,23). The van der Waals surface area contributed by atoms with E-state index in [-0.39, 0.29) is 16.7 Å². The molecule has 0 bridgehead atoms. The number of carbonyl (C=O) groups is 1. The van der Waals surface area contributed by atoms with Gasteiger partial charge in [-0.25, -0.2) is 4.39 Å². The predicted molar refractivity (Wildman–Crippen MR) is 95.2 cm³/mol. The number of nitrogens with zero attached hydrogens (tertiary/aromatic N) is 2. The Labute approximate surface area is 152 Å². The Hall–Kier alpha value is -2.38. The quantitative estimate of drug-likeness (QED) is 0.660. The van der Waals surface area contributed by atoms with Crippen LogP contribution in [-0.4, -0.2) is 21.9 Å². The van der Waals surface area contributed by atoms with Gasteiger partial charge in [0.25, 0.3) is 5.22 Å². The van der Waals surface area contributed by atoms with Gasteiger partial charge in [-0.15, -0.1) is 10.2 Å². The van der Waals surface area contributed by atoms with Crippen LogP contribution in [0.1, 0.15) is 5.56 Å². The molecule has 0 atom stereocenters. The van der Waals surface area contributed by atoms with Crippen LogP contribution in [0.2, 0.25) is 5.02 Å². The van der Waals surface area contributed by atoms with Crippen LogP contribution in [0.5, 0.6) is 0 Å². The number of hydrogen-bond acceptors (Lipinski definition) is 5. The van der Waals surface area contributed by atoms with E-state index in [0.29, 0.717) is 10.9 Å². The first-order chi connectivity index (χ1) is 12.0. The molecule has 0 aliphatic carbocycles. The molecular weight excluding hydrogens is 365 g/mol. The van der Waals surface area contributed by atoms with E-state index >= 15 is 0 Å². The summed E-state index contributed by atoms with van der Waals surface area (Å²) in [5.74, 6) is -0.562. The zero-order chi connectivity index (χ0) is 17.8. The molecule has 8 heteroatoms. The molecule has 3 aromatic rings. The Balaban J connectivity index is 1.61. The van der Waals surface area contributed by atoms with Crippen LogP contribution in [0.15, 0.2) is 52.1 Å². The second kappa shape index (κ2) is 7.67. The first-order valence-corrected chi connectivity index (χ1v) is 8.66. The van der Waals surface area contributed by atoms with Crippen LogP contribution in [0.4, 0.5) is 10.1 Å². The zero-order valence-corrected chi connectivity index (χ0v) is 14.7. The number of amides is 1. The summed E-state index contributed by atoms with van der Waals surface area (Å²) in [5.41, 5.74) is 1.88. The maximum Gasteiger partial charge on any atom is 0.277 e. The van der Waals surface area contributed by atoms with E-state index in [4.69, 9.17) is 16.0 Å². The Morgan fingerprint density at radius 3 is 2.88 bits per heavy atom. The summed E-state index contributed by atoms with van der Waals surface area (Å²) in [6.45, 7) is 1.94. The van der Waals surface area contributed by atoms with E-state index in [1.54, 1.807) is 0 Å². The molecule has 0 saturated heterocycles. The topological polar surface area (TPSA) is 68.0 Å². The number of anilines is 1. The number of aryl methyl sites for hydroxylation is 1. The van der Waals surface area contributed by atoms with Gasteiger partial charge in [0.2, 0.25) is 11.8 Å². The molecule has 0 saturated carbocycles. The van der Waals surface area contributed by atoms with Crippen LogP contribution in [-0.2, 0) is 4.79 Å². The second-order valence-corrected chi connectivity index (χ2v) is 6.51. The van der Waals surface area contributed by atoms with E-state index in [1.165, 1.54) is 18.2 Å². The lowest BCUT2D eigenvalue weighted by molar-refractivity contribution is -0.113. The van der Waals surface area contributed by atoms with Gasteiger partial charge in [-0.3, -0.25) is 4.79 Å². The van der Waals surface area contributed by atoms with Crippen molar-refractivity contribution in [3.8, 4) is 11.5 Å². The average molecular weight is 378 g/mol. The average Bonchev–Trinajstić information content (AvgIpc) is 3.05. The molecule has 5 nitrogen and oxygen atoms in total. The smallest absolute Gasteiger partial charge is 0.277 e. The fraction of sp³-hybridized carbons (Fsp3) is 0.118. The van der Waals surface area contributed by atoms with E-state index in [0.717, 1.165) is 22.9 Å². The number of benzene rings is 2. The molecule has 0 aliphatic rings. The first-order valence-electron chi connectivity index (χ1n) is 7.30. The highest BCUT2D eigenvalue weighted by Crippen LogP contribution is 2.26. The summed E-state index contributed by atoms with van der Waals surface area (Å²) in [7, 11) is 0. The zero-order valence-electron chi connectivity index (χ0n) is 13.1. The minimum atomic E-state index is -0.553. The van der Waals surface area contributed by atoms with Crippen molar-refractivity contribution in [2.24, 2.45) is 0 Å². The monoisotopic (exact) mass is 377 g/mol. The molecule has 1 N–H and O–H groups in total. The van der Waals surface area contributed by atoms with Crippen molar-refractivity contribution in [1.82, 2.24) is 10.2 Å². The molecule has 0 fully saturated rings. The van der Waals surface area contributed by atoms with Gasteiger partial charge in [0, 0.05) is 10.6 Å². The normalized spacial score (nSPS) is 10.7. The van der Waals surface area contributed by atoms with Gasteiger partial charge >= 0.3 is 0 Å². The van der Waals surface area contributed by atoms with Crippen LogP contribution in [0.25, 0.3) is 11.5 Å². The molecule has 1 aromatic heterocycles. The number of carbonyl (C=O) groups excluding carboxylic acids is 1. The fourth-order valence-electron chi connectivity index (χ4n) is 2.10. The second-order valence-electron chi connectivity index (χ2n) is 5.15. The molecule has 0 radical (unpaired) electrons. The summed E-state index contributed by atoms with van der Waals surface area (Å²) >= 11 is 6.86. The largest absolute Gasteiger partial charge is 0.411 e. The van der Waals surface area contributed by atoms with Crippen molar-refractivity contribution in [2.45, 2.75) is 12.1 Å². The Morgan fingerprint density at radius 1 is 1.28 bits per heavy atom. The summed E-state index contributed by atoms with van der Waals surface area (Å²) in [6.07, 6.45) is 0. The summed E-state index contributed by atoms with van der Waals surface area (Å²) in [4.78, 5) is 11.9. The maximum atomic E-state index is 13.6. The number of hydrogen-bond donors (Lipinski definition) is 1. The number of nitrogens with one attached hydrogen (secondary N) is 1. The first kappa shape index (κ1) is 17.4. The highest BCUT2D eigenvalue weighted by atomic mass is 35.5. The number of halogens is 2. The molecule has 1 heterocycles. The lowest BCUT2D eigenvalue weighted by atomic mass is 10.1. The Bertz CT molecular complexity index is 916. The lowest BCUT2D eigenvalue weighted by Crippen LogP contribution is -2.15. The summed E-state index contributed by atoms with van der Waals surface area (Å²) in [5, 5.41) is 11.0. The molecule has 128 valence electrons. The fourth-order valence-corrected chi connectivity index (χ4v) is 2.83. The third kappa shape index (κ3) is 4.37. The van der Waals surface area contributed by atoms with Crippen molar-refractivity contribution in [1.29, 1.82) is 0 Å². The van der Waals surface area contributed by atoms with Crippen molar-refractivity contribution in [2.75, 3.05) is 11.1 Å². The molecule has 0 aliphatic heterocycles. The van der Waals surface area contributed by atoms with Crippen molar-refractivity contribution < 1.29 is 13.6 Å². The van der Waals surface area contributed by atoms with Crippen LogP contribution in [0.3, 0.4) is 0 Å². The van der Waals surface area contributed by atoms with Crippen LogP contribution >= 0.6 is 23.4 Å². The molecule has 3 rings (SSSR count). The highest BCUT2D eigenvalue weighted by molar-refractivity contribution is 7.99. The molecule has 1 amide bonds. The minimum absolute atomic E-state index is 0.00135. The molecule has 2 aromatic carbocycles. The van der Waals surface area contributed by atoms with Gasteiger partial charge in [0.1, 0.15) is 5.82 Å². The summed E-state index contributed by atoms with van der Waals surface area (Å²) < 4.78 is 19.2. The van der Waals surface area contributed by atoms with Crippen LogP contribution in [0, 0.1) is 12.7 Å². The van der Waals surface area contributed by atoms with E-state index < -0.39 is 11.7 Å². The maximum absolute atomic E-state index is 13.6. The Kier molecular flexibility index (Phi) is 5.35. The third-order valence-electron chi connectivity index (χ3n) is 3.31. The Morgan fingerprint density at radius 2 is 2.08 bits per heavy atom. The van der Waals surface area contributed by atoms with E-state index in [2.05, 4.69) is 15.5 Å². The molecular formula is C17H13ClFN3O2S. The van der Waals surface area contributed by atoms with Gasteiger partial charge in [0.05, 0.1) is 11.4 Å². The van der Waals surface area contributed by atoms with E-state index in [1.807, 2.05) is 31.2 Å². The predicted octanol–water partition coefficient (Wildman–Crippen LogP) is 4.57. The SMILES string of the molecule is Cc1ccccc1-c1nnc(SCC(=O)Nc2cc(Cl)ccc2F)o1. The number of aromatic nitrogens is 2.